The fraction of sp³-hybridized carbons (Fsp3) is 0.538. The highest BCUT2D eigenvalue weighted by atomic mass is 35.5. The maximum absolute atomic E-state index is 6.32. The lowest BCUT2D eigenvalue weighted by molar-refractivity contribution is 0.499. The van der Waals surface area contributed by atoms with Crippen molar-refractivity contribution in [1.82, 2.24) is 24.6 Å². The van der Waals surface area contributed by atoms with Gasteiger partial charge in [-0.2, -0.15) is 5.10 Å². The molecule has 0 amide bonds. The summed E-state index contributed by atoms with van der Waals surface area (Å²) >= 11 is 6.32. The molecule has 0 aliphatic carbocycles. The van der Waals surface area contributed by atoms with E-state index in [0.717, 1.165) is 31.0 Å². The Morgan fingerprint density at radius 2 is 2.21 bits per heavy atom. The summed E-state index contributed by atoms with van der Waals surface area (Å²) in [7, 11) is 1.99. The summed E-state index contributed by atoms with van der Waals surface area (Å²) in [6.45, 7) is 5.90. The Labute approximate surface area is 118 Å². The van der Waals surface area contributed by atoms with Gasteiger partial charge in [-0.15, -0.1) is 0 Å². The van der Waals surface area contributed by atoms with Crippen molar-refractivity contribution in [3.8, 4) is 0 Å². The molecule has 1 atom stereocenters. The molecule has 2 aromatic rings. The van der Waals surface area contributed by atoms with Gasteiger partial charge in [0.05, 0.1) is 16.9 Å². The number of aromatic nitrogens is 4. The number of aryl methyl sites for hydroxylation is 2. The van der Waals surface area contributed by atoms with E-state index in [0.29, 0.717) is 5.02 Å². The lowest BCUT2D eigenvalue weighted by atomic mass is 10.2. The van der Waals surface area contributed by atoms with Crippen LogP contribution in [0.5, 0.6) is 0 Å². The minimum atomic E-state index is -0.0356. The molecule has 0 saturated heterocycles. The van der Waals surface area contributed by atoms with E-state index in [1.54, 1.807) is 12.4 Å². The summed E-state index contributed by atoms with van der Waals surface area (Å²) in [5.74, 6) is 0.946. The molecule has 0 saturated carbocycles. The predicted molar refractivity (Wildman–Crippen MR) is 76.3 cm³/mol. The number of hydrogen-bond donors (Lipinski definition) is 1. The van der Waals surface area contributed by atoms with E-state index in [4.69, 9.17) is 11.6 Å². The van der Waals surface area contributed by atoms with E-state index in [1.165, 1.54) is 0 Å². The molecule has 6 heteroatoms. The lowest BCUT2D eigenvalue weighted by Gasteiger charge is -2.19. The Morgan fingerprint density at radius 3 is 2.79 bits per heavy atom. The summed E-state index contributed by atoms with van der Waals surface area (Å²) in [5.41, 5.74) is 0.986. The zero-order chi connectivity index (χ0) is 13.8. The van der Waals surface area contributed by atoms with E-state index < -0.39 is 0 Å². The molecule has 0 aliphatic rings. The van der Waals surface area contributed by atoms with Gasteiger partial charge in [0.2, 0.25) is 0 Å². The molecule has 2 heterocycles. The second-order valence-corrected chi connectivity index (χ2v) is 4.90. The molecule has 5 nitrogen and oxygen atoms in total. The van der Waals surface area contributed by atoms with Crippen molar-refractivity contribution >= 4 is 11.6 Å². The van der Waals surface area contributed by atoms with Crippen molar-refractivity contribution in [2.24, 2.45) is 7.05 Å². The Balaban J connectivity index is 2.44. The number of nitrogens with zero attached hydrogens (tertiary/aromatic N) is 4. The van der Waals surface area contributed by atoms with Gasteiger partial charge in [-0.25, -0.2) is 4.98 Å². The van der Waals surface area contributed by atoms with Crippen LogP contribution in [0.2, 0.25) is 5.02 Å². The maximum Gasteiger partial charge on any atom is 0.131 e. The summed E-state index contributed by atoms with van der Waals surface area (Å²) in [6.07, 6.45) is 6.46. The first-order chi connectivity index (χ1) is 9.19. The molecule has 0 aromatic carbocycles. The molecule has 0 spiro atoms. The van der Waals surface area contributed by atoms with Gasteiger partial charge in [-0.1, -0.05) is 25.4 Å². The third kappa shape index (κ3) is 2.82. The smallest absolute Gasteiger partial charge is 0.131 e. The lowest BCUT2D eigenvalue weighted by Crippen LogP contribution is -2.27. The summed E-state index contributed by atoms with van der Waals surface area (Å²) < 4.78 is 3.97. The van der Waals surface area contributed by atoms with Crippen molar-refractivity contribution < 1.29 is 0 Å². The van der Waals surface area contributed by atoms with Crippen LogP contribution in [0.25, 0.3) is 0 Å². The number of nitrogens with one attached hydrogen (secondary N) is 1. The maximum atomic E-state index is 6.32. The Morgan fingerprint density at radius 1 is 1.42 bits per heavy atom. The number of halogens is 1. The average Bonchev–Trinajstić information content (AvgIpc) is 2.95. The minimum absolute atomic E-state index is 0.0356. The van der Waals surface area contributed by atoms with E-state index in [1.807, 2.05) is 22.5 Å². The van der Waals surface area contributed by atoms with Crippen molar-refractivity contribution in [3.05, 3.63) is 35.1 Å². The largest absolute Gasteiger partial charge is 0.336 e. The van der Waals surface area contributed by atoms with Gasteiger partial charge in [0.1, 0.15) is 11.9 Å². The molecule has 0 bridgehead atoms. The quantitative estimate of drug-likeness (QED) is 0.884. The minimum Gasteiger partial charge on any atom is -0.336 e. The Bertz CT molecular complexity index is 531. The molecule has 19 heavy (non-hydrogen) atoms. The van der Waals surface area contributed by atoms with Crippen molar-refractivity contribution in [2.45, 2.75) is 32.9 Å². The monoisotopic (exact) mass is 281 g/mol. The first-order valence-corrected chi connectivity index (χ1v) is 6.98. The SMILES string of the molecule is CCCn1ncc(Cl)c1C(NCC)c1nccn1C. The molecule has 0 aliphatic heterocycles. The van der Waals surface area contributed by atoms with Crippen molar-refractivity contribution in [2.75, 3.05) is 6.54 Å². The van der Waals surface area contributed by atoms with E-state index in [9.17, 15) is 0 Å². The van der Waals surface area contributed by atoms with Crippen LogP contribution in [0.3, 0.4) is 0 Å². The first-order valence-electron chi connectivity index (χ1n) is 6.60. The highest BCUT2D eigenvalue weighted by Gasteiger charge is 2.24. The van der Waals surface area contributed by atoms with Gasteiger partial charge in [-0.05, 0) is 13.0 Å². The first kappa shape index (κ1) is 14.1. The summed E-state index contributed by atoms with van der Waals surface area (Å²) in [6, 6.07) is -0.0356. The van der Waals surface area contributed by atoms with Gasteiger partial charge >= 0.3 is 0 Å². The normalized spacial score (nSPS) is 12.8. The summed E-state index contributed by atoms with van der Waals surface area (Å²) in [5, 5.41) is 8.48. The van der Waals surface area contributed by atoms with Crippen molar-refractivity contribution in [3.63, 3.8) is 0 Å². The van der Waals surface area contributed by atoms with Crippen LogP contribution < -0.4 is 5.32 Å². The van der Waals surface area contributed by atoms with Crippen LogP contribution in [0.4, 0.5) is 0 Å². The third-order valence-corrected chi connectivity index (χ3v) is 3.36. The Kier molecular flexibility index (Phi) is 4.61. The van der Waals surface area contributed by atoms with E-state index >= 15 is 0 Å². The number of imidazole rings is 1. The standard InChI is InChI=1S/C13H20ClN5/c1-4-7-19-12(10(14)9-17-19)11(15-5-2)13-16-6-8-18(13)3/h6,8-9,11,15H,4-5,7H2,1-3H3. The average molecular weight is 282 g/mol. The molecule has 1 N–H and O–H groups in total. The molecular weight excluding hydrogens is 262 g/mol. The number of hydrogen-bond acceptors (Lipinski definition) is 3. The van der Waals surface area contributed by atoms with Gasteiger partial charge in [0.15, 0.2) is 0 Å². The molecular formula is C13H20ClN5. The fourth-order valence-corrected chi connectivity index (χ4v) is 2.47. The topological polar surface area (TPSA) is 47.7 Å². The van der Waals surface area contributed by atoms with Crippen LogP contribution in [0.1, 0.15) is 37.8 Å². The second kappa shape index (κ2) is 6.21. The van der Waals surface area contributed by atoms with Crippen LogP contribution >= 0.6 is 11.6 Å². The van der Waals surface area contributed by atoms with Gasteiger partial charge in [0.25, 0.3) is 0 Å². The fourth-order valence-electron chi connectivity index (χ4n) is 2.22. The zero-order valence-electron chi connectivity index (χ0n) is 11.6. The van der Waals surface area contributed by atoms with Crippen LogP contribution in [-0.2, 0) is 13.6 Å². The molecule has 1 unspecified atom stereocenters. The molecule has 0 radical (unpaired) electrons. The highest BCUT2D eigenvalue weighted by Crippen LogP contribution is 2.27. The summed E-state index contributed by atoms with van der Waals surface area (Å²) in [4.78, 5) is 4.43. The van der Waals surface area contributed by atoms with E-state index in [-0.39, 0.29) is 6.04 Å². The van der Waals surface area contributed by atoms with Crippen molar-refractivity contribution in [1.29, 1.82) is 0 Å². The second-order valence-electron chi connectivity index (χ2n) is 4.49. The molecule has 2 aromatic heterocycles. The molecule has 2 rings (SSSR count). The highest BCUT2D eigenvalue weighted by molar-refractivity contribution is 6.31. The Hall–Kier alpha value is -1.33. The third-order valence-electron chi connectivity index (χ3n) is 3.07. The van der Waals surface area contributed by atoms with E-state index in [2.05, 4.69) is 29.2 Å². The van der Waals surface area contributed by atoms with Crippen LogP contribution in [0, 0.1) is 0 Å². The van der Waals surface area contributed by atoms with Crippen LogP contribution in [0.15, 0.2) is 18.6 Å². The van der Waals surface area contributed by atoms with Gasteiger partial charge in [0, 0.05) is 26.0 Å². The number of rotatable bonds is 6. The zero-order valence-corrected chi connectivity index (χ0v) is 12.4. The van der Waals surface area contributed by atoms with Gasteiger partial charge < -0.3 is 9.88 Å². The predicted octanol–water partition coefficient (Wildman–Crippen LogP) is 2.38. The van der Waals surface area contributed by atoms with Crippen LogP contribution in [-0.4, -0.2) is 25.9 Å². The van der Waals surface area contributed by atoms with Gasteiger partial charge in [-0.3, -0.25) is 4.68 Å². The molecule has 0 fully saturated rings. The molecule has 104 valence electrons.